The number of carbonyl (C=O) groups excluding carboxylic acids is 1. The summed E-state index contributed by atoms with van der Waals surface area (Å²) in [4.78, 5) is 12.2. The van der Waals surface area contributed by atoms with Gasteiger partial charge in [0.2, 0.25) is 20.0 Å². The van der Waals surface area contributed by atoms with Crippen LogP contribution in [0.1, 0.15) is 33.2 Å². The number of hydrogen-bond acceptors (Lipinski definition) is 10. The van der Waals surface area contributed by atoms with Gasteiger partial charge in [0.1, 0.15) is 15.9 Å². The lowest BCUT2D eigenvalue weighted by Crippen LogP contribution is -2.29. The minimum atomic E-state index is -4.01. The highest BCUT2D eigenvalue weighted by Gasteiger charge is 2.19. The number of sulfonamides is 2. The lowest BCUT2D eigenvalue weighted by Gasteiger charge is -2.13. The molecule has 11 N–H and O–H groups in total. The van der Waals surface area contributed by atoms with Crippen LogP contribution in [-0.2, 0) is 20.0 Å². The van der Waals surface area contributed by atoms with Gasteiger partial charge in [-0.2, -0.15) is 0 Å². The fourth-order valence-corrected chi connectivity index (χ4v) is 7.44. The van der Waals surface area contributed by atoms with Gasteiger partial charge in [0.25, 0.3) is 0 Å². The van der Waals surface area contributed by atoms with Crippen LogP contribution in [-0.4, -0.2) is 44.9 Å². The van der Waals surface area contributed by atoms with E-state index in [0.29, 0.717) is 33.5 Å². The number of aliphatic hydroxyl groups excluding tert-OH is 1. The van der Waals surface area contributed by atoms with Crippen molar-refractivity contribution in [2.24, 2.45) is 10.3 Å². The molecule has 0 saturated carbocycles. The quantitative estimate of drug-likeness (QED) is 0.0594. The summed E-state index contributed by atoms with van der Waals surface area (Å²) in [7, 11) is -9.37. The molecule has 6 aromatic rings. The Kier molecular flexibility index (Phi) is 15.0. The molecule has 0 heterocycles. The Morgan fingerprint density at radius 3 is 1.62 bits per heavy atom. The first-order chi connectivity index (χ1) is 26.2. The smallest absolute Gasteiger partial charge is 0.423 e. The zero-order valence-electron chi connectivity index (χ0n) is 29.0. The number of hydrogen-bond donors (Lipinski definition) is 7. The molecule has 12 nitrogen and oxygen atoms in total. The Morgan fingerprint density at radius 2 is 1.11 bits per heavy atom. The lowest BCUT2D eigenvalue weighted by molar-refractivity contribution is 0.103. The van der Waals surface area contributed by atoms with Crippen LogP contribution in [0.3, 0.4) is 0 Å². The van der Waals surface area contributed by atoms with Crippen LogP contribution in [0.4, 0.5) is 11.4 Å². The van der Waals surface area contributed by atoms with Crippen molar-refractivity contribution in [2.75, 3.05) is 11.5 Å². The van der Waals surface area contributed by atoms with Crippen molar-refractivity contribution >= 4 is 88.9 Å². The maximum absolute atomic E-state index is 12.6. The molecule has 0 aliphatic carbocycles. The number of primary sulfonamides is 2. The fraction of sp³-hybridized carbons (Fsp3) is 0.0263. The van der Waals surface area contributed by atoms with Gasteiger partial charge in [-0.3, -0.25) is 4.79 Å². The van der Waals surface area contributed by atoms with Crippen molar-refractivity contribution in [3.63, 3.8) is 0 Å². The Hall–Kier alpha value is -4.59. The van der Waals surface area contributed by atoms with Crippen LogP contribution in [0.5, 0.6) is 0 Å². The standard InChI is InChI=1S/C19H15ClN2O3S.C13H11BrClNO3S.C6H8BNO2/c20-17-9-8-15(11-18(17)26(22,24)25)19(23)13-6-4-12(5-7-13)14-2-1-3-16(21)10-14;14-10-4-1-8(2-5-10)13(17)9-3-6-11(15)12(7-9)20(16,18)19;8-6-3-1-2-5(4-6)7(9)10/h1-11H,21H2,(H2,22,24,25);1-7,13,17H,(H2,16,18,19);1-4,9-10H,8H2. The first kappa shape index (κ1) is 44.1. The molecule has 0 spiro atoms. The average molecular weight is 900 g/mol. The molecule has 0 amide bonds. The molecule has 1 atom stereocenters. The molecule has 0 aromatic heterocycles. The summed E-state index contributed by atoms with van der Waals surface area (Å²) in [6.45, 7) is 0. The van der Waals surface area contributed by atoms with Crippen LogP contribution in [0.25, 0.3) is 11.1 Å². The van der Waals surface area contributed by atoms with Gasteiger partial charge in [-0.05, 0) is 94.4 Å². The van der Waals surface area contributed by atoms with E-state index in [-0.39, 0.29) is 31.2 Å². The van der Waals surface area contributed by atoms with Crippen molar-refractivity contribution < 1.29 is 36.8 Å². The van der Waals surface area contributed by atoms with Crippen molar-refractivity contribution in [3.05, 3.63) is 170 Å². The van der Waals surface area contributed by atoms with E-state index >= 15 is 0 Å². The molecule has 18 heteroatoms. The second-order valence-electron chi connectivity index (χ2n) is 12.0. The van der Waals surface area contributed by atoms with Crippen LogP contribution >= 0.6 is 39.1 Å². The molecular weight excluding hydrogens is 866 g/mol. The first-order valence-electron chi connectivity index (χ1n) is 16.0. The number of rotatable bonds is 8. The lowest BCUT2D eigenvalue weighted by atomic mass is 9.80. The Morgan fingerprint density at radius 1 is 0.607 bits per heavy atom. The Bertz CT molecular complexity index is 2570. The predicted octanol–water partition coefficient (Wildman–Crippen LogP) is 5.25. The third-order valence-electron chi connectivity index (χ3n) is 7.84. The molecule has 0 aliphatic rings. The maximum atomic E-state index is 12.6. The normalized spacial score (nSPS) is 11.6. The number of nitrogen functional groups attached to an aromatic ring is 2. The van der Waals surface area contributed by atoms with Crippen molar-refractivity contribution in [3.8, 4) is 11.1 Å². The van der Waals surface area contributed by atoms with E-state index in [4.69, 9.17) is 55.0 Å². The molecule has 0 aliphatic heterocycles. The van der Waals surface area contributed by atoms with Gasteiger partial charge in [-0.25, -0.2) is 27.1 Å². The first-order valence-corrected chi connectivity index (χ1v) is 20.7. The summed E-state index contributed by atoms with van der Waals surface area (Å²) < 4.78 is 46.8. The molecule has 290 valence electrons. The SMILES string of the molecule is NS(=O)(=O)c1cc(C(O)c2ccc(Br)cc2)ccc1Cl.Nc1cccc(-c2ccc(C(=O)c3ccc(Cl)c(S(N)(=O)=O)c3)cc2)c1.Nc1cccc(B(O)O)c1. The number of aliphatic hydroxyl groups is 1. The molecule has 0 bridgehead atoms. The van der Waals surface area contributed by atoms with Crippen molar-refractivity contribution in [1.29, 1.82) is 0 Å². The van der Waals surface area contributed by atoms with Gasteiger partial charge in [0.15, 0.2) is 5.78 Å². The van der Waals surface area contributed by atoms with E-state index in [9.17, 15) is 26.7 Å². The predicted molar refractivity (Wildman–Crippen MR) is 224 cm³/mol. The molecule has 0 fully saturated rings. The average Bonchev–Trinajstić information content (AvgIpc) is 3.14. The summed E-state index contributed by atoms with van der Waals surface area (Å²) >= 11 is 15.0. The second-order valence-corrected chi connectivity index (χ2v) is 16.7. The molecule has 6 aromatic carbocycles. The van der Waals surface area contributed by atoms with Crippen molar-refractivity contribution in [1.82, 2.24) is 0 Å². The highest BCUT2D eigenvalue weighted by atomic mass is 79.9. The largest absolute Gasteiger partial charge is 0.488 e. The molecule has 6 rings (SSSR count). The maximum Gasteiger partial charge on any atom is 0.488 e. The fourth-order valence-electron chi connectivity index (χ4n) is 5.03. The zero-order valence-corrected chi connectivity index (χ0v) is 33.7. The van der Waals surface area contributed by atoms with E-state index in [2.05, 4.69) is 15.9 Å². The highest BCUT2D eigenvalue weighted by Crippen LogP contribution is 2.29. The van der Waals surface area contributed by atoms with E-state index in [1.54, 1.807) is 78.9 Å². The third kappa shape index (κ3) is 12.2. The molecule has 56 heavy (non-hydrogen) atoms. The second kappa shape index (κ2) is 19.0. The zero-order chi connectivity index (χ0) is 41.4. The van der Waals surface area contributed by atoms with E-state index in [1.165, 1.54) is 36.4 Å². The number of ketones is 1. The van der Waals surface area contributed by atoms with Gasteiger partial charge in [0, 0.05) is 27.0 Å². The van der Waals surface area contributed by atoms with Gasteiger partial charge < -0.3 is 26.6 Å². The van der Waals surface area contributed by atoms with E-state index in [1.807, 2.05) is 18.2 Å². The Balaban J connectivity index is 0.000000205. The third-order valence-corrected chi connectivity index (χ3v) is 11.2. The summed E-state index contributed by atoms with van der Waals surface area (Å²) in [5.74, 6) is -0.328. The topological polar surface area (TPSA) is 250 Å². The van der Waals surface area contributed by atoms with Gasteiger partial charge in [-0.15, -0.1) is 0 Å². The summed E-state index contributed by atoms with van der Waals surface area (Å²) in [6, 6.07) is 36.1. The number of anilines is 2. The number of halogens is 3. The van der Waals surface area contributed by atoms with Crippen LogP contribution in [0.2, 0.25) is 10.0 Å². The van der Waals surface area contributed by atoms with Gasteiger partial charge >= 0.3 is 7.12 Å². The Labute approximate surface area is 342 Å². The van der Waals surface area contributed by atoms with Crippen LogP contribution in [0.15, 0.2) is 148 Å². The summed E-state index contributed by atoms with van der Waals surface area (Å²) in [5.41, 5.74) is 16.3. The van der Waals surface area contributed by atoms with Crippen LogP contribution < -0.4 is 27.2 Å². The van der Waals surface area contributed by atoms with E-state index < -0.39 is 33.3 Å². The van der Waals surface area contributed by atoms with Crippen molar-refractivity contribution in [2.45, 2.75) is 15.9 Å². The van der Waals surface area contributed by atoms with Gasteiger partial charge in [-0.1, -0.05) is 106 Å². The number of benzene rings is 6. The minimum Gasteiger partial charge on any atom is -0.423 e. The summed E-state index contributed by atoms with van der Waals surface area (Å²) in [5, 5.41) is 37.8. The minimum absolute atomic E-state index is 0.0268. The molecule has 0 saturated heterocycles. The summed E-state index contributed by atoms with van der Waals surface area (Å²) in [6.07, 6.45) is -0.958. The van der Waals surface area contributed by atoms with Gasteiger partial charge in [0.05, 0.1) is 10.0 Å². The highest BCUT2D eigenvalue weighted by molar-refractivity contribution is 9.10. The number of carbonyl (C=O) groups is 1. The monoisotopic (exact) mass is 898 g/mol. The molecular formula is C38H34BBrCl2N4O8S2. The number of nitrogens with two attached hydrogens (primary N) is 4. The molecule has 0 radical (unpaired) electrons. The molecule has 1 unspecified atom stereocenters. The van der Waals surface area contributed by atoms with E-state index in [0.717, 1.165) is 15.6 Å². The van der Waals surface area contributed by atoms with Crippen LogP contribution in [0, 0.1) is 0 Å².